The Kier molecular flexibility index (Phi) is 5.05. The van der Waals surface area contributed by atoms with E-state index in [1.165, 1.54) is 20.2 Å². The normalized spacial score (nSPS) is 11.8. The SMILES string of the molecule is COc1ccc(S(C)(c2ccc(C)cc2)c2ccc(OC)cc2)cc1. The summed E-state index contributed by atoms with van der Waals surface area (Å²) >= 11 is 0. The summed E-state index contributed by atoms with van der Waals surface area (Å²) in [6.07, 6.45) is 2.35. The molecular formula is C22H24O2S. The lowest BCUT2D eigenvalue weighted by Crippen LogP contribution is -2.02. The average molecular weight is 352 g/mol. The van der Waals surface area contributed by atoms with Gasteiger partial charge in [0, 0.05) is 0 Å². The average Bonchev–Trinajstić information content (AvgIpc) is 2.68. The van der Waals surface area contributed by atoms with Gasteiger partial charge in [0.15, 0.2) is 0 Å². The van der Waals surface area contributed by atoms with E-state index < -0.39 is 10.0 Å². The highest BCUT2D eigenvalue weighted by molar-refractivity contribution is 8.33. The molecule has 0 amide bonds. The van der Waals surface area contributed by atoms with Gasteiger partial charge in [0.05, 0.1) is 14.2 Å². The van der Waals surface area contributed by atoms with Crippen LogP contribution in [0.25, 0.3) is 0 Å². The summed E-state index contributed by atoms with van der Waals surface area (Å²) in [5.41, 5.74) is 1.27. The Bertz CT molecular complexity index is 774. The number of methoxy groups -OCH3 is 2. The Morgan fingerprint density at radius 1 is 0.560 bits per heavy atom. The third kappa shape index (κ3) is 3.38. The van der Waals surface area contributed by atoms with E-state index in [1.54, 1.807) is 14.2 Å². The highest BCUT2D eigenvalue weighted by Crippen LogP contribution is 2.65. The number of benzene rings is 3. The van der Waals surface area contributed by atoms with Crippen molar-refractivity contribution in [2.75, 3.05) is 20.5 Å². The predicted octanol–water partition coefficient (Wildman–Crippen LogP) is 5.92. The molecule has 0 aliphatic heterocycles. The molecule has 0 aliphatic carbocycles. The molecule has 0 saturated heterocycles. The fraction of sp³-hybridized carbons (Fsp3) is 0.182. The Morgan fingerprint density at radius 2 is 0.880 bits per heavy atom. The molecule has 0 bridgehead atoms. The lowest BCUT2D eigenvalue weighted by molar-refractivity contribution is 0.414. The van der Waals surface area contributed by atoms with E-state index in [1.807, 2.05) is 24.3 Å². The molecule has 25 heavy (non-hydrogen) atoms. The summed E-state index contributed by atoms with van der Waals surface area (Å²) in [7, 11) is 2.04. The smallest absolute Gasteiger partial charge is 0.118 e. The third-order valence-corrected chi connectivity index (χ3v) is 8.20. The van der Waals surface area contributed by atoms with Gasteiger partial charge in [0.25, 0.3) is 0 Å². The standard InChI is InChI=1S/C22H24O2S/c1-17-5-11-20(12-6-17)25(4,21-13-7-18(23-2)8-14-21)22-15-9-19(24-3)10-16-22/h5-16H,1-4H3. The van der Waals surface area contributed by atoms with Gasteiger partial charge in [0.2, 0.25) is 0 Å². The van der Waals surface area contributed by atoms with Gasteiger partial charge < -0.3 is 9.47 Å². The molecule has 0 aromatic heterocycles. The van der Waals surface area contributed by atoms with Gasteiger partial charge in [-0.25, -0.2) is 0 Å². The quantitative estimate of drug-likeness (QED) is 0.567. The summed E-state index contributed by atoms with van der Waals surface area (Å²) in [5, 5.41) is 0. The maximum atomic E-state index is 5.33. The first-order valence-corrected chi connectivity index (χ1v) is 10.3. The summed E-state index contributed by atoms with van der Waals surface area (Å²) in [6.45, 7) is 2.12. The molecule has 3 rings (SSSR count). The molecule has 0 saturated carbocycles. The minimum atomic E-state index is -1.35. The van der Waals surface area contributed by atoms with Crippen LogP contribution in [0.4, 0.5) is 0 Å². The molecule has 0 spiro atoms. The van der Waals surface area contributed by atoms with Crippen molar-refractivity contribution in [3.05, 3.63) is 78.4 Å². The lowest BCUT2D eigenvalue weighted by atomic mass is 10.2. The summed E-state index contributed by atoms with van der Waals surface area (Å²) in [5.74, 6) is 1.76. The van der Waals surface area contributed by atoms with E-state index in [2.05, 4.69) is 61.7 Å². The van der Waals surface area contributed by atoms with Gasteiger partial charge in [-0.2, -0.15) is 10.0 Å². The number of rotatable bonds is 5. The highest BCUT2D eigenvalue weighted by Gasteiger charge is 2.26. The third-order valence-electron chi connectivity index (χ3n) is 4.55. The maximum absolute atomic E-state index is 5.33. The van der Waals surface area contributed by atoms with Crippen molar-refractivity contribution in [1.29, 1.82) is 0 Å². The number of hydrogen-bond donors (Lipinski definition) is 0. The first-order chi connectivity index (χ1) is 12.1. The highest BCUT2D eigenvalue weighted by atomic mass is 32.3. The predicted molar refractivity (Wildman–Crippen MR) is 105 cm³/mol. The molecular weight excluding hydrogens is 328 g/mol. The van der Waals surface area contributed by atoms with Crippen LogP contribution in [-0.4, -0.2) is 20.5 Å². The molecule has 0 fully saturated rings. The van der Waals surface area contributed by atoms with Crippen molar-refractivity contribution < 1.29 is 9.47 Å². The summed E-state index contributed by atoms with van der Waals surface area (Å²) in [6, 6.07) is 25.7. The number of aryl methyl sites for hydroxylation is 1. The van der Waals surface area contributed by atoms with Crippen LogP contribution < -0.4 is 9.47 Å². The number of hydrogen-bond acceptors (Lipinski definition) is 2. The van der Waals surface area contributed by atoms with Crippen LogP contribution in [0.3, 0.4) is 0 Å². The van der Waals surface area contributed by atoms with Gasteiger partial charge in [-0.05, 0) is 88.5 Å². The molecule has 3 heteroatoms. The van der Waals surface area contributed by atoms with E-state index in [0.717, 1.165) is 11.5 Å². The van der Waals surface area contributed by atoms with E-state index in [0.29, 0.717) is 0 Å². The summed E-state index contributed by atoms with van der Waals surface area (Å²) in [4.78, 5) is 3.96. The van der Waals surface area contributed by atoms with E-state index in [9.17, 15) is 0 Å². The van der Waals surface area contributed by atoms with Crippen molar-refractivity contribution in [3.63, 3.8) is 0 Å². The van der Waals surface area contributed by atoms with E-state index in [4.69, 9.17) is 9.47 Å². The van der Waals surface area contributed by atoms with Gasteiger partial charge in [-0.1, -0.05) is 17.7 Å². The second-order valence-electron chi connectivity index (χ2n) is 6.08. The molecule has 130 valence electrons. The van der Waals surface area contributed by atoms with Crippen LogP contribution in [0.1, 0.15) is 5.56 Å². The van der Waals surface area contributed by atoms with Crippen LogP contribution in [0, 0.1) is 6.92 Å². The summed E-state index contributed by atoms with van der Waals surface area (Å²) < 4.78 is 10.7. The molecule has 0 N–H and O–H groups in total. The van der Waals surface area contributed by atoms with Crippen molar-refractivity contribution in [1.82, 2.24) is 0 Å². The van der Waals surface area contributed by atoms with E-state index >= 15 is 0 Å². The van der Waals surface area contributed by atoms with Crippen molar-refractivity contribution in [2.45, 2.75) is 21.6 Å². The molecule has 0 atom stereocenters. The monoisotopic (exact) mass is 352 g/mol. The Morgan fingerprint density at radius 3 is 1.20 bits per heavy atom. The number of ether oxygens (including phenoxy) is 2. The second kappa shape index (κ2) is 7.24. The molecule has 3 aromatic rings. The van der Waals surface area contributed by atoms with Gasteiger partial charge >= 0.3 is 0 Å². The Balaban J connectivity index is 2.16. The maximum Gasteiger partial charge on any atom is 0.118 e. The van der Waals surface area contributed by atoms with Crippen molar-refractivity contribution in [3.8, 4) is 11.5 Å². The lowest BCUT2D eigenvalue weighted by Gasteiger charge is -2.37. The zero-order chi connectivity index (χ0) is 17.9. The largest absolute Gasteiger partial charge is 0.497 e. The molecule has 0 aliphatic rings. The van der Waals surface area contributed by atoms with Crippen LogP contribution >= 0.6 is 10.0 Å². The topological polar surface area (TPSA) is 18.5 Å². The fourth-order valence-electron chi connectivity index (χ4n) is 2.91. The molecule has 0 heterocycles. The molecule has 2 nitrogen and oxygen atoms in total. The van der Waals surface area contributed by atoms with Crippen LogP contribution in [0.5, 0.6) is 11.5 Å². The van der Waals surface area contributed by atoms with E-state index in [-0.39, 0.29) is 0 Å². The zero-order valence-electron chi connectivity index (χ0n) is 15.2. The van der Waals surface area contributed by atoms with Gasteiger partial charge in [-0.15, -0.1) is 0 Å². The minimum absolute atomic E-state index is 0.879. The van der Waals surface area contributed by atoms with Gasteiger partial charge in [-0.3, -0.25) is 0 Å². The van der Waals surface area contributed by atoms with Crippen LogP contribution in [-0.2, 0) is 0 Å². The first-order valence-electron chi connectivity index (χ1n) is 8.21. The Labute approximate surface area is 151 Å². The molecule has 0 radical (unpaired) electrons. The molecule has 3 aromatic carbocycles. The fourth-order valence-corrected chi connectivity index (χ4v) is 5.77. The van der Waals surface area contributed by atoms with Crippen molar-refractivity contribution >= 4 is 10.0 Å². The molecule has 0 unspecified atom stereocenters. The Hall–Kier alpha value is -2.39. The zero-order valence-corrected chi connectivity index (χ0v) is 16.0. The van der Waals surface area contributed by atoms with Crippen molar-refractivity contribution in [2.24, 2.45) is 0 Å². The van der Waals surface area contributed by atoms with Gasteiger partial charge in [0.1, 0.15) is 11.5 Å². The second-order valence-corrected chi connectivity index (χ2v) is 9.33. The van der Waals surface area contributed by atoms with Crippen LogP contribution in [0.15, 0.2) is 87.5 Å². The minimum Gasteiger partial charge on any atom is -0.497 e. The van der Waals surface area contributed by atoms with Crippen LogP contribution in [0.2, 0.25) is 0 Å². The first kappa shape index (κ1) is 17.4.